The summed E-state index contributed by atoms with van der Waals surface area (Å²) in [7, 11) is -4.36. The first-order valence-corrected chi connectivity index (χ1v) is 10.1. The molecule has 0 rings (SSSR count). The van der Waals surface area contributed by atoms with Gasteiger partial charge in [-0.3, -0.25) is 4.55 Å². The van der Waals surface area contributed by atoms with Crippen LogP contribution in [0.15, 0.2) is 0 Å². The van der Waals surface area contributed by atoms with Crippen LogP contribution >= 0.6 is 0 Å². The molecule has 0 fully saturated rings. The fraction of sp³-hybridized carbons (Fsp3) is 1.00. The van der Waals surface area contributed by atoms with Crippen LogP contribution < -0.4 is 0 Å². The maximum Gasteiger partial charge on any atom is 0.397 e. The average Bonchev–Trinajstić information content (AvgIpc) is 2.21. The second-order valence-corrected chi connectivity index (χ2v) is 10.8. The van der Waals surface area contributed by atoms with E-state index in [4.69, 9.17) is 4.55 Å². The third kappa shape index (κ3) is 14.0. The van der Waals surface area contributed by atoms with Crippen LogP contribution in [0.5, 0.6) is 0 Å². The zero-order chi connectivity index (χ0) is 18.5. The number of rotatable bonds is 9. The Morgan fingerprint density at radius 1 is 0.913 bits per heavy atom. The van der Waals surface area contributed by atoms with E-state index in [0.717, 1.165) is 25.7 Å². The molecule has 0 radical (unpaired) electrons. The van der Waals surface area contributed by atoms with Crippen LogP contribution in [0.2, 0.25) is 0 Å². The number of hydrogen-bond acceptors (Lipinski definition) is 3. The predicted octanol–water partition coefficient (Wildman–Crippen LogP) is 5.35. The molecule has 5 heteroatoms. The van der Waals surface area contributed by atoms with Crippen molar-refractivity contribution in [2.24, 2.45) is 28.6 Å². The van der Waals surface area contributed by atoms with E-state index in [1.54, 1.807) is 0 Å². The molecule has 0 aliphatic carbocycles. The smallest absolute Gasteiger partial charge is 0.264 e. The summed E-state index contributed by atoms with van der Waals surface area (Å²) >= 11 is 0. The molecule has 0 saturated carbocycles. The monoisotopic (exact) mass is 350 g/mol. The Hall–Kier alpha value is -0.130. The van der Waals surface area contributed by atoms with Gasteiger partial charge in [0.15, 0.2) is 0 Å². The van der Waals surface area contributed by atoms with Crippen molar-refractivity contribution in [2.45, 2.75) is 81.1 Å². The molecule has 0 heterocycles. The quantitative estimate of drug-likeness (QED) is 0.570. The molecular weight excluding hydrogens is 312 g/mol. The lowest BCUT2D eigenvalue weighted by molar-refractivity contribution is 0.141. The first kappa shape index (κ1) is 22.9. The summed E-state index contributed by atoms with van der Waals surface area (Å²) in [5.41, 5.74) is 0.490. The predicted molar refractivity (Wildman–Crippen MR) is 96.7 cm³/mol. The van der Waals surface area contributed by atoms with Gasteiger partial charge in [-0.05, 0) is 47.8 Å². The Kier molecular flexibility index (Phi) is 8.77. The zero-order valence-electron chi connectivity index (χ0n) is 16.3. The normalized spacial score (nSPS) is 17.8. The third-order valence-corrected chi connectivity index (χ3v) is 4.60. The third-order valence-electron chi connectivity index (χ3n) is 4.16. The Bertz CT molecular complexity index is 429. The van der Waals surface area contributed by atoms with Crippen LogP contribution in [-0.4, -0.2) is 19.6 Å². The fourth-order valence-corrected chi connectivity index (χ4v) is 3.83. The van der Waals surface area contributed by atoms with Crippen LogP contribution in [0.25, 0.3) is 0 Å². The largest absolute Gasteiger partial charge is 0.397 e. The minimum atomic E-state index is -4.36. The van der Waals surface area contributed by atoms with Crippen molar-refractivity contribution in [3.63, 3.8) is 0 Å². The molecule has 0 bridgehead atoms. The summed E-state index contributed by atoms with van der Waals surface area (Å²) in [6, 6.07) is 0. The van der Waals surface area contributed by atoms with Gasteiger partial charge in [0.1, 0.15) is 0 Å². The second kappa shape index (κ2) is 8.82. The molecule has 3 atom stereocenters. The highest BCUT2D eigenvalue weighted by atomic mass is 32.3. The molecule has 0 spiro atoms. The standard InChI is InChI=1S/C18H38O4S/c1-14(11-17(3,4)5)9-10-16(13-22-23(19,20)21)15(2)12-18(6,7)8/h14-16H,9-13H2,1-8H3,(H,19,20,21). The minimum Gasteiger partial charge on any atom is -0.264 e. The average molecular weight is 351 g/mol. The Morgan fingerprint density at radius 2 is 1.39 bits per heavy atom. The highest BCUT2D eigenvalue weighted by Crippen LogP contribution is 2.33. The van der Waals surface area contributed by atoms with Gasteiger partial charge in [-0.15, -0.1) is 0 Å². The van der Waals surface area contributed by atoms with E-state index in [1.165, 1.54) is 0 Å². The lowest BCUT2D eigenvalue weighted by Crippen LogP contribution is -2.25. The van der Waals surface area contributed by atoms with Gasteiger partial charge in [0, 0.05) is 0 Å². The van der Waals surface area contributed by atoms with Gasteiger partial charge in [0.05, 0.1) is 6.61 Å². The Labute approximate surface area is 144 Å². The molecular formula is C18H38O4S. The lowest BCUT2D eigenvalue weighted by Gasteiger charge is -2.31. The molecule has 0 aromatic carbocycles. The summed E-state index contributed by atoms with van der Waals surface area (Å²) in [4.78, 5) is 0. The minimum absolute atomic E-state index is 0.0678. The fourth-order valence-electron chi connectivity index (χ4n) is 3.48. The van der Waals surface area contributed by atoms with E-state index < -0.39 is 10.4 Å². The van der Waals surface area contributed by atoms with Crippen LogP contribution in [0, 0.1) is 28.6 Å². The second-order valence-electron chi connectivity index (χ2n) is 9.66. The van der Waals surface area contributed by atoms with Gasteiger partial charge in [-0.1, -0.05) is 61.8 Å². The molecule has 0 aliphatic heterocycles. The van der Waals surface area contributed by atoms with Crippen LogP contribution in [0.4, 0.5) is 0 Å². The maximum atomic E-state index is 10.9. The Morgan fingerprint density at radius 3 is 1.78 bits per heavy atom. The van der Waals surface area contributed by atoms with Crippen molar-refractivity contribution in [2.75, 3.05) is 6.61 Å². The first-order valence-electron chi connectivity index (χ1n) is 8.71. The molecule has 0 aliphatic rings. The topological polar surface area (TPSA) is 63.6 Å². The van der Waals surface area contributed by atoms with Crippen LogP contribution in [0.1, 0.15) is 81.1 Å². The van der Waals surface area contributed by atoms with Gasteiger partial charge in [0.25, 0.3) is 0 Å². The van der Waals surface area contributed by atoms with E-state index in [0.29, 0.717) is 17.3 Å². The molecule has 0 amide bonds. The molecule has 140 valence electrons. The van der Waals surface area contributed by atoms with Crippen molar-refractivity contribution in [3.8, 4) is 0 Å². The summed E-state index contributed by atoms with van der Waals surface area (Å²) in [6.45, 7) is 17.8. The molecule has 4 nitrogen and oxygen atoms in total. The van der Waals surface area contributed by atoms with E-state index >= 15 is 0 Å². The SMILES string of the molecule is CC(CCC(COS(=O)(=O)O)C(C)CC(C)(C)C)CC(C)(C)C. The van der Waals surface area contributed by atoms with Crippen molar-refractivity contribution < 1.29 is 17.2 Å². The lowest BCUT2D eigenvalue weighted by atomic mass is 9.76. The van der Waals surface area contributed by atoms with Crippen LogP contribution in [0.3, 0.4) is 0 Å². The van der Waals surface area contributed by atoms with E-state index in [9.17, 15) is 8.42 Å². The van der Waals surface area contributed by atoms with Gasteiger partial charge in [-0.2, -0.15) is 8.42 Å². The van der Waals surface area contributed by atoms with Crippen molar-refractivity contribution >= 4 is 10.4 Å². The zero-order valence-corrected chi connectivity index (χ0v) is 17.2. The molecule has 0 saturated heterocycles. The van der Waals surface area contributed by atoms with Crippen LogP contribution in [-0.2, 0) is 14.6 Å². The molecule has 23 heavy (non-hydrogen) atoms. The summed E-state index contributed by atoms with van der Waals surface area (Å²) < 4.78 is 35.4. The molecule has 0 aromatic rings. The van der Waals surface area contributed by atoms with Crippen molar-refractivity contribution in [1.29, 1.82) is 0 Å². The van der Waals surface area contributed by atoms with Crippen molar-refractivity contribution in [3.05, 3.63) is 0 Å². The molecule has 0 aromatic heterocycles. The van der Waals surface area contributed by atoms with Gasteiger partial charge in [-0.25, -0.2) is 4.18 Å². The van der Waals surface area contributed by atoms with Gasteiger partial charge < -0.3 is 0 Å². The molecule has 3 unspecified atom stereocenters. The summed E-state index contributed by atoms with van der Waals surface area (Å²) in [6.07, 6.45) is 4.11. The Balaban J connectivity index is 4.71. The molecule has 1 N–H and O–H groups in total. The summed E-state index contributed by atoms with van der Waals surface area (Å²) in [5.74, 6) is 1.07. The first-order chi connectivity index (χ1) is 10.1. The van der Waals surface area contributed by atoms with Gasteiger partial charge in [0.2, 0.25) is 0 Å². The summed E-state index contributed by atoms with van der Waals surface area (Å²) in [5, 5.41) is 0. The van der Waals surface area contributed by atoms with E-state index in [2.05, 4.69) is 59.6 Å². The van der Waals surface area contributed by atoms with Gasteiger partial charge >= 0.3 is 10.4 Å². The van der Waals surface area contributed by atoms with E-state index in [-0.39, 0.29) is 17.9 Å². The van der Waals surface area contributed by atoms with Crippen molar-refractivity contribution in [1.82, 2.24) is 0 Å². The highest BCUT2D eigenvalue weighted by molar-refractivity contribution is 7.80. The number of hydrogen-bond donors (Lipinski definition) is 1. The highest BCUT2D eigenvalue weighted by Gasteiger charge is 2.26. The maximum absolute atomic E-state index is 10.9. The van der Waals surface area contributed by atoms with E-state index in [1.807, 2.05) is 0 Å².